The molecule has 1 unspecified atom stereocenters. The van der Waals surface area contributed by atoms with Crippen molar-refractivity contribution in [2.45, 2.75) is 13.0 Å². The molecule has 2 rings (SSSR count). The molecule has 1 aromatic heterocycles. The van der Waals surface area contributed by atoms with Gasteiger partial charge in [-0.2, -0.15) is 0 Å². The highest BCUT2D eigenvalue weighted by Crippen LogP contribution is 2.33. The Morgan fingerprint density at radius 1 is 1.11 bits per heavy atom. The minimum Gasteiger partial charge on any atom is -0.497 e. The maximum absolute atomic E-state index is 5.25. The van der Waals surface area contributed by atoms with E-state index in [1.165, 1.54) is 16.0 Å². The third-order valence-corrected chi connectivity index (χ3v) is 4.17. The van der Waals surface area contributed by atoms with Crippen molar-refractivity contribution in [2.24, 2.45) is 0 Å². The molecule has 1 atom stereocenters. The lowest BCUT2D eigenvalue weighted by atomic mass is 10.00. The molecule has 0 bridgehead atoms. The molecule has 0 aliphatic heterocycles. The van der Waals surface area contributed by atoms with Crippen LogP contribution in [0.15, 0.2) is 29.6 Å². The van der Waals surface area contributed by atoms with Crippen LogP contribution in [-0.2, 0) is 0 Å². The second kappa shape index (κ2) is 6.08. The van der Waals surface area contributed by atoms with E-state index in [4.69, 9.17) is 9.47 Å². The molecule has 0 radical (unpaired) electrons. The van der Waals surface area contributed by atoms with Gasteiger partial charge in [0, 0.05) is 10.3 Å². The van der Waals surface area contributed by atoms with E-state index in [9.17, 15) is 0 Å². The molecule has 0 fully saturated rings. The molecule has 0 aliphatic rings. The fraction of sp³-hybridized carbons (Fsp3) is 0.333. The summed E-state index contributed by atoms with van der Waals surface area (Å²) in [6, 6.07) is 8.43. The molecular weight excluding hydrogens is 258 g/mol. The number of rotatable bonds is 5. The fourth-order valence-electron chi connectivity index (χ4n) is 2.14. The quantitative estimate of drug-likeness (QED) is 0.909. The van der Waals surface area contributed by atoms with Crippen LogP contribution in [0.25, 0.3) is 0 Å². The normalized spacial score (nSPS) is 12.2. The first kappa shape index (κ1) is 13.9. The van der Waals surface area contributed by atoms with Crippen molar-refractivity contribution in [3.63, 3.8) is 0 Å². The Kier molecular flexibility index (Phi) is 4.45. The Bertz CT molecular complexity index is 551. The topological polar surface area (TPSA) is 30.5 Å². The Morgan fingerprint density at radius 2 is 1.84 bits per heavy atom. The van der Waals surface area contributed by atoms with Gasteiger partial charge in [0.1, 0.15) is 11.5 Å². The Labute approximate surface area is 118 Å². The summed E-state index contributed by atoms with van der Waals surface area (Å²) >= 11 is 1.70. The van der Waals surface area contributed by atoms with E-state index < -0.39 is 0 Å². The molecule has 3 nitrogen and oxygen atoms in total. The third kappa shape index (κ3) is 2.91. The minimum atomic E-state index is 0.180. The van der Waals surface area contributed by atoms with E-state index in [-0.39, 0.29) is 6.04 Å². The lowest BCUT2D eigenvalue weighted by molar-refractivity contribution is 0.414. The second-order valence-electron chi connectivity index (χ2n) is 4.33. The van der Waals surface area contributed by atoms with Crippen LogP contribution >= 0.6 is 11.3 Å². The van der Waals surface area contributed by atoms with Gasteiger partial charge in [-0.25, -0.2) is 0 Å². The van der Waals surface area contributed by atoms with E-state index in [1.807, 2.05) is 18.5 Å². The monoisotopic (exact) mass is 277 g/mol. The molecule has 0 spiro atoms. The lowest BCUT2D eigenvalue weighted by Crippen LogP contribution is -2.17. The van der Waals surface area contributed by atoms with Gasteiger partial charge in [0.2, 0.25) is 0 Å². The average molecular weight is 277 g/mol. The van der Waals surface area contributed by atoms with E-state index in [2.05, 4.69) is 30.4 Å². The van der Waals surface area contributed by atoms with Gasteiger partial charge in [-0.15, -0.1) is 11.3 Å². The first-order valence-corrected chi connectivity index (χ1v) is 7.01. The number of ether oxygens (including phenoxy) is 2. The van der Waals surface area contributed by atoms with Crippen molar-refractivity contribution in [3.8, 4) is 11.5 Å². The predicted molar refractivity (Wildman–Crippen MR) is 79.5 cm³/mol. The zero-order valence-electron chi connectivity index (χ0n) is 11.7. The first-order valence-electron chi connectivity index (χ1n) is 6.13. The molecule has 0 amide bonds. The molecule has 4 heteroatoms. The number of hydrogen-bond donors (Lipinski definition) is 1. The van der Waals surface area contributed by atoms with Crippen molar-refractivity contribution in [1.29, 1.82) is 0 Å². The Morgan fingerprint density at radius 3 is 2.37 bits per heavy atom. The van der Waals surface area contributed by atoms with Gasteiger partial charge in [0.15, 0.2) is 0 Å². The van der Waals surface area contributed by atoms with E-state index >= 15 is 0 Å². The van der Waals surface area contributed by atoms with E-state index in [0.717, 1.165) is 11.5 Å². The maximum Gasteiger partial charge on any atom is 0.129 e. The van der Waals surface area contributed by atoms with E-state index in [1.54, 1.807) is 25.6 Å². The molecule has 0 saturated heterocycles. The number of aryl methyl sites for hydroxylation is 1. The summed E-state index contributed by atoms with van der Waals surface area (Å²) in [5.74, 6) is 1.80. The minimum absolute atomic E-state index is 0.180. The van der Waals surface area contributed by atoms with Crippen LogP contribution in [0.2, 0.25) is 0 Å². The van der Waals surface area contributed by atoms with Crippen LogP contribution in [0.4, 0.5) is 0 Å². The number of thiophene rings is 1. The van der Waals surface area contributed by atoms with Crippen LogP contribution < -0.4 is 14.8 Å². The molecule has 1 heterocycles. The van der Waals surface area contributed by atoms with Gasteiger partial charge >= 0.3 is 0 Å². The number of benzene rings is 1. The molecule has 1 aromatic carbocycles. The van der Waals surface area contributed by atoms with Crippen LogP contribution in [0.1, 0.15) is 22.0 Å². The van der Waals surface area contributed by atoms with Crippen LogP contribution in [-0.4, -0.2) is 21.3 Å². The zero-order chi connectivity index (χ0) is 13.8. The highest BCUT2D eigenvalue weighted by atomic mass is 32.1. The summed E-state index contributed by atoms with van der Waals surface area (Å²) in [6.07, 6.45) is 0. The number of nitrogens with one attached hydrogen (secondary N) is 1. The van der Waals surface area contributed by atoms with E-state index in [0.29, 0.717) is 0 Å². The summed E-state index contributed by atoms with van der Waals surface area (Å²) in [7, 11) is 5.35. The summed E-state index contributed by atoms with van der Waals surface area (Å²) < 4.78 is 10.5. The van der Waals surface area contributed by atoms with Crippen molar-refractivity contribution in [3.05, 3.63) is 45.6 Å². The SMILES string of the molecule is CNC(c1cc(OC)cs1)c1ccc(OC)cc1C. The van der Waals surface area contributed by atoms with Crippen molar-refractivity contribution in [1.82, 2.24) is 5.32 Å². The van der Waals surface area contributed by atoms with Crippen molar-refractivity contribution < 1.29 is 9.47 Å². The van der Waals surface area contributed by atoms with Crippen molar-refractivity contribution >= 4 is 11.3 Å². The molecular formula is C15H19NO2S. The summed E-state index contributed by atoms with van der Waals surface area (Å²) in [4.78, 5) is 1.24. The first-order chi connectivity index (χ1) is 9.19. The van der Waals surface area contributed by atoms with Crippen LogP contribution in [0.5, 0.6) is 11.5 Å². The molecule has 0 saturated carbocycles. The molecule has 2 aromatic rings. The molecule has 102 valence electrons. The summed E-state index contributed by atoms with van der Waals surface area (Å²) in [5, 5.41) is 5.39. The Hall–Kier alpha value is -1.52. The lowest BCUT2D eigenvalue weighted by Gasteiger charge is -2.18. The maximum atomic E-state index is 5.25. The van der Waals surface area contributed by atoms with Crippen LogP contribution in [0.3, 0.4) is 0 Å². The second-order valence-corrected chi connectivity index (χ2v) is 5.28. The highest BCUT2D eigenvalue weighted by molar-refractivity contribution is 7.10. The van der Waals surface area contributed by atoms with Gasteiger partial charge in [0.25, 0.3) is 0 Å². The van der Waals surface area contributed by atoms with Gasteiger partial charge in [-0.3, -0.25) is 0 Å². The molecule has 0 aliphatic carbocycles. The van der Waals surface area contributed by atoms with Gasteiger partial charge in [0.05, 0.1) is 20.3 Å². The van der Waals surface area contributed by atoms with Gasteiger partial charge in [-0.1, -0.05) is 6.07 Å². The Balaban J connectivity index is 2.36. The predicted octanol–water partition coefficient (Wildman–Crippen LogP) is 3.38. The fourth-order valence-corrected chi connectivity index (χ4v) is 3.12. The molecule has 19 heavy (non-hydrogen) atoms. The summed E-state index contributed by atoms with van der Waals surface area (Å²) in [5.41, 5.74) is 2.47. The van der Waals surface area contributed by atoms with Gasteiger partial charge < -0.3 is 14.8 Å². The average Bonchev–Trinajstić information content (AvgIpc) is 2.90. The standard InChI is InChI=1S/C15H19NO2S/c1-10-7-11(17-3)5-6-13(10)15(16-2)14-8-12(18-4)9-19-14/h5-9,15-16H,1-4H3. The third-order valence-electron chi connectivity index (χ3n) is 3.19. The van der Waals surface area contributed by atoms with Crippen LogP contribution in [0, 0.1) is 6.92 Å². The van der Waals surface area contributed by atoms with Crippen molar-refractivity contribution in [2.75, 3.05) is 21.3 Å². The zero-order valence-corrected chi connectivity index (χ0v) is 12.5. The summed E-state index contributed by atoms with van der Waals surface area (Å²) in [6.45, 7) is 2.10. The smallest absolute Gasteiger partial charge is 0.129 e. The highest BCUT2D eigenvalue weighted by Gasteiger charge is 2.17. The molecule has 1 N–H and O–H groups in total. The largest absolute Gasteiger partial charge is 0.497 e. The number of methoxy groups -OCH3 is 2. The number of hydrogen-bond acceptors (Lipinski definition) is 4. The van der Waals surface area contributed by atoms with Gasteiger partial charge in [-0.05, 0) is 43.3 Å².